The maximum absolute atomic E-state index is 12.9. The van der Waals surface area contributed by atoms with E-state index in [2.05, 4.69) is 22.1 Å². The molecule has 9 heteroatoms. The normalized spacial score (nSPS) is 26.3. The zero-order chi connectivity index (χ0) is 29.3. The minimum absolute atomic E-state index is 0.181. The number of likely N-dealkylation sites (tertiary alicyclic amines) is 1. The summed E-state index contributed by atoms with van der Waals surface area (Å²) in [5, 5.41) is 3.05. The van der Waals surface area contributed by atoms with Crippen molar-refractivity contribution in [2.75, 3.05) is 26.7 Å². The standard InChI is InChI=1S/C32H35F3N2O4/c1-22(38)41-28-5-3-4-26(18-28)30-16-17-37(20-24-6-7-24)21-31(30,40-2)15-14-27(19-30)36-29(39)13-10-23-8-11-25(12-9-23)32(33,34)35/h3-5,8-9,11-12,18,24,27H,6-7,14-17,19-21H2,1-2H3,(H,36,39)/t27-,30-,31-/m0/s1. The number of piperidine rings is 1. The SMILES string of the molecule is CO[C@]12CC[C@H](NC(=O)C#Cc3ccc(C(F)(F)F)cc3)C[C@]1(c1cccc(OC(C)=O)c1)CCN(CC1CC1)C2. The number of fused-ring (bicyclic) bond motifs is 1. The van der Waals surface area contributed by atoms with E-state index < -0.39 is 34.6 Å². The monoisotopic (exact) mass is 568 g/mol. The average molecular weight is 569 g/mol. The van der Waals surface area contributed by atoms with Gasteiger partial charge in [0, 0.05) is 50.1 Å². The summed E-state index contributed by atoms with van der Waals surface area (Å²) in [6, 6.07) is 11.9. The van der Waals surface area contributed by atoms with Crippen LogP contribution in [0.4, 0.5) is 13.2 Å². The van der Waals surface area contributed by atoms with E-state index in [0.29, 0.717) is 24.2 Å². The first kappa shape index (κ1) is 29.2. The van der Waals surface area contributed by atoms with Gasteiger partial charge in [-0.05, 0) is 92.9 Å². The lowest BCUT2D eigenvalue weighted by molar-refractivity contribution is -0.150. The molecule has 0 unspecified atom stereocenters. The summed E-state index contributed by atoms with van der Waals surface area (Å²) in [6.07, 6.45) is 0.977. The average Bonchev–Trinajstić information content (AvgIpc) is 3.75. The van der Waals surface area contributed by atoms with Gasteiger partial charge in [-0.15, -0.1) is 0 Å². The molecule has 218 valence electrons. The van der Waals surface area contributed by atoms with Gasteiger partial charge in [-0.25, -0.2) is 0 Å². The molecule has 41 heavy (non-hydrogen) atoms. The molecule has 1 saturated heterocycles. The van der Waals surface area contributed by atoms with Crippen LogP contribution in [0, 0.1) is 17.8 Å². The number of ether oxygens (including phenoxy) is 2. The van der Waals surface area contributed by atoms with Crippen LogP contribution in [0.15, 0.2) is 48.5 Å². The molecule has 2 aromatic carbocycles. The fourth-order valence-electron chi connectivity index (χ4n) is 6.65. The quantitative estimate of drug-likeness (QED) is 0.299. The van der Waals surface area contributed by atoms with Gasteiger partial charge in [0.25, 0.3) is 5.91 Å². The van der Waals surface area contributed by atoms with E-state index in [1.165, 1.54) is 31.9 Å². The van der Waals surface area contributed by atoms with Gasteiger partial charge in [0.15, 0.2) is 0 Å². The highest BCUT2D eigenvalue weighted by molar-refractivity contribution is 5.94. The van der Waals surface area contributed by atoms with Gasteiger partial charge in [-0.1, -0.05) is 18.1 Å². The Kier molecular flexibility index (Phi) is 8.18. The van der Waals surface area contributed by atoms with Crippen molar-refractivity contribution in [2.24, 2.45) is 5.92 Å². The zero-order valence-electron chi connectivity index (χ0n) is 23.4. The molecule has 0 bridgehead atoms. The lowest BCUT2D eigenvalue weighted by Gasteiger charge is -2.60. The van der Waals surface area contributed by atoms with Crippen LogP contribution < -0.4 is 10.1 Å². The molecule has 3 fully saturated rings. The lowest BCUT2D eigenvalue weighted by Crippen LogP contribution is -2.68. The van der Waals surface area contributed by atoms with Crippen LogP contribution in [0.3, 0.4) is 0 Å². The molecule has 2 aromatic rings. The third kappa shape index (κ3) is 6.44. The van der Waals surface area contributed by atoms with E-state index in [1.54, 1.807) is 13.2 Å². The summed E-state index contributed by atoms with van der Waals surface area (Å²) in [4.78, 5) is 27.0. The van der Waals surface area contributed by atoms with E-state index in [9.17, 15) is 22.8 Å². The first-order chi connectivity index (χ1) is 19.5. The molecule has 1 amide bonds. The molecule has 0 spiro atoms. The van der Waals surface area contributed by atoms with E-state index in [1.807, 2.05) is 18.2 Å². The topological polar surface area (TPSA) is 67.9 Å². The highest BCUT2D eigenvalue weighted by Gasteiger charge is 2.59. The lowest BCUT2D eigenvalue weighted by atomic mass is 9.55. The highest BCUT2D eigenvalue weighted by atomic mass is 19.4. The molecule has 0 radical (unpaired) electrons. The third-order valence-corrected chi connectivity index (χ3v) is 8.82. The van der Waals surface area contributed by atoms with Crippen molar-refractivity contribution in [3.63, 3.8) is 0 Å². The van der Waals surface area contributed by atoms with Gasteiger partial charge < -0.3 is 19.7 Å². The van der Waals surface area contributed by atoms with Gasteiger partial charge in [-0.3, -0.25) is 9.59 Å². The number of nitrogens with zero attached hydrogens (tertiary/aromatic N) is 1. The number of hydrogen-bond donors (Lipinski definition) is 1. The second kappa shape index (κ2) is 11.5. The number of hydrogen-bond acceptors (Lipinski definition) is 5. The molecule has 0 aromatic heterocycles. The van der Waals surface area contributed by atoms with Crippen LogP contribution in [-0.2, 0) is 25.9 Å². The van der Waals surface area contributed by atoms with Crippen LogP contribution in [0.2, 0.25) is 0 Å². The molecule has 2 aliphatic carbocycles. The molecule has 1 heterocycles. The van der Waals surface area contributed by atoms with E-state index in [4.69, 9.17) is 9.47 Å². The second-order valence-corrected chi connectivity index (χ2v) is 11.6. The van der Waals surface area contributed by atoms with Gasteiger partial charge in [0.05, 0.1) is 11.2 Å². The summed E-state index contributed by atoms with van der Waals surface area (Å²) in [6.45, 7) is 4.12. The summed E-state index contributed by atoms with van der Waals surface area (Å²) in [7, 11) is 1.76. The second-order valence-electron chi connectivity index (χ2n) is 11.6. The number of rotatable bonds is 6. The van der Waals surface area contributed by atoms with Gasteiger partial charge in [-0.2, -0.15) is 13.2 Å². The van der Waals surface area contributed by atoms with Crippen molar-refractivity contribution in [2.45, 2.75) is 68.7 Å². The minimum atomic E-state index is -4.43. The largest absolute Gasteiger partial charge is 0.427 e. The molecular formula is C32H35F3N2O4. The van der Waals surface area contributed by atoms with Crippen molar-refractivity contribution in [1.29, 1.82) is 0 Å². The zero-order valence-corrected chi connectivity index (χ0v) is 23.4. The number of methoxy groups -OCH3 is 1. The van der Waals surface area contributed by atoms with Crippen LogP contribution in [-0.4, -0.2) is 55.2 Å². The predicted octanol–water partition coefficient (Wildman–Crippen LogP) is 5.09. The highest BCUT2D eigenvalue weighted by Crippen LogP contribution is 2.54. The van der Waals surface area contributed by atoms with E-state index >= 15 is 0 Å². The number of carbonyl (C=O) groups is 2. The number of halogens is 3. The fourth-order valence-corrected chi connectivity index (χ4v) is 6.65. The van der Waals surface area contributed by atoms with Crippen molar-refractivity contribution >= 4 is 11.9 Å². The summed E-state index contributed by atoms with van der Waals surface area (Å²) >= 11 is 0. The van der Waals surface area contributed by atoms with E-state index in [-0.39, 0.29) is 6.04 Å². The van der Waals surface area contributed by atoms with Gasteiger partial charge >= 0.3 is 12.1 Å². The Labute approximate surface area is 238 Å². The molecule has 2 saturated carbocycles. The first-order valence-corrected chi connectivity index (χ1v) is 14.1. The van der Waals surface area contributed by atoms with Crippen molar-refractivity contribution in [3.8, 4) is 17.6 Å². The number of alkyl halides is 3. The number of esters is 1. The summed E-state index contributed by atoms with van der Waals surface area (Å²) < 4.78 is 50.4. The predicted molar refractivity (Wildman–Crippen MR) is 147 cm³/mol. The maximum atomic E-state index is 12.9. The van der Waals surface area contributed by atoms with Gasteiger partial charge in [0.2, 0.25) is 0 Å². The Morgan fingerprint density at radius 2 is 1.85 bits per heavy atom. The molecule has 1 N–H and O–H groups in total. The molecule has 3 aliphatic rings. The van der Waals surface area contributed by atoms with Gasteiger partial charge in [0.1, 0.15) is 5.75 Å². The Balaban J connectivity index is 1.38. The van der Waals surface area contributed by atoms with Crippen LogP contribution in [0.1, 0.15) is 62.1 Å². The van der Waals surface area contributed by atoms with Crippen molar-refractivity contribution in [3.05, 3.63) is 65.2 Å². The van der Waals surface area contributed by atoms with Crippen LogP contribution >= 0.6 is 0 Å². The Hall–Kier alpha value is -3.35. The number of nitrogens with one attached hydrogen (secondary N) is 1. The summed E-state index contributed by atoms with van der Waals surface area (Å²) in [5.41, 5.74) is -0.338. The molecular weight excluding hydrogens is 533 g/mol. The molecule has 1 aliphatic heterocycles. The van der Waals surface area contributed by atoms with Crippen LogP contribution in [0.5, 0.6) is 5.75 Å². The van der Waals surface area contributed by atoms with Crippen molar-refractivity contribution in [1.82, 2.24) is 10.2 Å². The Morgan fingerprint density at radius 3 is 2.51 bits per heavy atom. The fraction of sp³-hybridized carbons (Fsp3) is 0.500. The number of carbonyl (C=O) groups excluding carboxylic acids is 2. The maximum Gasteiger partial charge on any atom is 0.416 e. The number of benzene rings is 2. The van der Waals surface area contributed by atoms with Crippen LogP contribution in [0.25, 0.3) is 0 Å². The first-order valence-electron chi connectivity index (χ1n) is 14.1. The van der Waals surface area contributed by atoms with Crippen molar-refractivity contribution < 1.29 is 32.2 Å². The molecule has 3 atom stereocenters. The van der Waals surface area contributed by atoms with E-state index in [0.717, 1.165) is 56.1 Å². The summed E-state index contributed by atoms with van der Waals surface area (Å²) in [5.74, 6) is 5.57. The Bertz CT molecular complexity index is 1350. The molecule has 6 nitrogen and oxygen atoms in total. The number of amides is 1. The third-order valence-electron chi connectivity index (χ3n) is 8.82. The molecule has 5 rings (SSSR count). The minimum Gasteiger partial charge on any atom is -0.427 e. The Morgan fingerprint density at radius 1 is 1.10 bits per heavy atom. The smallest absolute Gasteiger partial charge is 0.416 e.